The van der Waals surface area contributed by atoms with E-state index in [1.54, 1.807) is 11.1 Å². The second-order valence-corrected chi connectivity index (χ2v) is 3.23. The summed E-state index contributed by atoms with van der Waals surface area (Å²) in [5.41, 5.74) is 0. The van der Waals surface area contributed by atoms with Crippen LogP contribution in [0.15, 0.2) is 12.8 Å². The van der Waals surface area contributed by atoms with Crippen molar-refractivity contribution in [2.75, 3.05) is 6.54 Å². The molecule has 0 aromatic heterocycles. The maximum absolute atomic E-state index is 11.2. The predicted molar refractivity (Wildman–Crippen MR) is 44.9 cm³/mol. The third kappa shape index (κ3) is 2.07. The molecule has 62 valence electrons. The van der Waals surface area contributed by atoms with Crippen LogP contribution >= 0.6 is 0 Å². The average Bonchev–Trinajstić information content (AvgIpc) is 2.13. The summed E-state index contributed by atoms with van der Waals surface area (Å²) in [6.07, 6.45) is 4.53. The second kappa shape index (κ2) is 3.56. The van der Waals surface area contributed by atoms with Crippen LogP contribution in [0.1, 0.15) is 26.2 Å². The summed E-state index contributed by atoms with van der Waals surface area (Å²) in [5, 5.41) is 0. The molecule has 0 bridgehead atoms. The lowest BCUT2D eigenvalue weighted by molar-refractivity contribution is -0.128. The van der Waals surface area contributed by atoms with Gasteiger partial charge in [0.25, 0.3) is 0 Å². The quantitative estimate of drug-likeness (QED) is 0.562. The van der Waals surface area contributed by atoms with Crippen molar-refractivity contribution in [3.8, 4) is 0 Å². The van der Waals surface area contributed by atoms with Gasteiger partial charge in [0, 0.05) is 13.0 Å². The van der Waals surface area contributed by atoms with Crippen molar-refractivity contribution in [2.24, 2.45) is 5.92 Å². The molecular formula is C9H15NO. The van der Waals surface area contributed by atoms with E-state index in [1.165, 1.54) is 0 Å². The summed E-state index contributed by atoms with van der Waals surface area (Å²) in [6, 6.07) is 0. The fourth-order valence-electron chi connectivity index (χ4n) is 1.45. The minimum Gasteiger partial charge on any atom is -0.319 e. The van der Waals surface area contributed by atoms with Crippen LogP contribution < -0.4 is 0 Å². The molecule has 0 radical (unpaired) electrons. The molecule has 1 amide bonds. The molecule has 1 saturated heterocycles. The topological polar surface area (TPSA) is 20.3 Å². The van der Waals surface area contributed by atoms with Crippen molar-refractivity contribution in [3.63, 3.8) is 0 Å². The normalized spacial score (nSPS) is 26.5. The Morgan fingerprint density at radius 1 is 1.73 bits per heavy atom. The van der Waals surface area contributed by atoms with Gasteiger partial charge < -0.3 is 4.90 Å². The highest BCUT2D eigenvalue weighted by Gasteiger charge is 2.17. The van der Waals surface area contributed by atoms with Crippen LogP contribution in [0.4, 0.5) is 0 Å². The first-order valence-corrected chi connectivity index (χ1v) is 4.16. The Balaban J connectivity index is 2.59. The predicted octanol–water partition coefficient (Wildman–Crippen LogP) is 1.78. The molecule has 1 heterocycles. The number of rotatable bonds is 1. The molecule has 1 unspecified atom stereocenters. The van der Waals surface area contributed by atoms with E-state index in [2.05, 4.69) is 13.5 Å². The van der Waals surface area contributed by atoms with Crippen LogP contribution in [0, 0.1) is 5.92 Å². The average molecular weight is 153 g/mol. The Morgan fingerprint density at radius 3 is 3.09 bits per heavy atom. The van der Waals surface area contributed by atoms with Gasteiger partial charge in [0.1, 0.15) is 0 Å². The first-order chi connectivity index (χ1) is 5.24. The first kappa shape index (κ1) is 8.31. The molecule has 1 aliphatic heterocycles. The van der Waals surface area contributed by atoms with Gasteiger partial charge in [0.2, 0.25) is 5.91 Å². The molecule has 0 aromatic rings. The largest absolute Gasteiger partial charge is 0.319 e. The highest BCUT2D eigenvalue weighted by Crippen LogP contribution is 2.16. The van der Waals surface area contributed by atoms with Crippen LogP contribution in [-0.4, -0.2) is 17.4 Å². The standard InChI is InChI=1S/C9H15NO/c1-3-10-7-8(2)5-4-6-9(10)11/h3,8H,1,4-7H2,2H3. The van der Waals surface area contributed by atoms with Gasteiger partial charge in [0.15, 0.2) is 0 Å². The Hall–Kier alpha value is -0.790. The monoisotopic (exact) mass is 153 g/mol. The van der Waals surface area contributed by atoms with Crippen LogP contribution in [0.5, 0.6) is 0 Å². The lowest BCUT2D eigenvalue weighted by atomic mass is 10.1. The van der Waals surface area contributed by atoms with Crippen LogP contribution in [0.2, 0.25) is 0 Å². The Labute approximate surface area is 67.9 Å². The Bertz CT molecular complexity index is 165. The highest BCUT2D eigenvalue weighted by molar-refractivity contribution is 5.77. The highest BCUT2D eigenvalue weighted by atomic mass is 16.2. The van der Waals surface area contributed by atoms with Crippen LogP contribution in [0.3, 0.4) is 0 Å². The maximum atomic E-state index is 11.2. The molecule has 1 rings (SSSR count). The molecule has 0 aliphatic carbocycles. The van der Waals surface area contributed by atoms with E-state index < -0.39 is 0 Å². The molecule has 1 fully saturated rings. The van der Waals surface area contributed by atoms with E-state index in [0.717, 1.165) is 19.4 Å². The van der Waals surface area contributed by atoms with Gasteiger partial charge in [-0.15, -0.1) is 0 Å². The van der Waals surface area contributed by atoms with Crippen molar-refractivity contribution < 1.29 is 4.79 Å². The minimum atomic E-state index is 0.226. The van der Waals surface area contributed by atoms with Crippen molar-refractivity contribution in [1.82, 2.24) is 4.90 Å². The van der Waals surface area contributed by atoms with Crippen molar-refractivity contribution in [1.29, 1.82) is 0 Å². The van der Waals surface area contributed by atoms with Gasteiger partial charge in [-0.25, -0.2) is 0 Å². The van der Waals surface area contributed by atoms with Crippen molar-refractivity contribution in [2.45, 2.75) is 26.2 Å². The third-order valence-corrected chi connectivity index (χ3v) is 2.14. The van der Waals surface area contributed by atoms with Crippen LogP contribution in [0.25, 0.3) is 0 Å². The zero-order valence-corrected chi connectivity index (χ0v) is 7.05. The smallest absolute Gasteiger partial charge is 0.226 e. The van der Waals surface area contributed by atoms with E-state index in [9.17, 15) is 4.79 Å². The molecular weight excluding hydrogens is 138 g/mol. The fourth-order valence-corrected chi connectivity index (χ4v) is 1.45. The second-order valence-electron chi connectivity index (χ2n) is 3.23. The molecule has 1 aliphatic rings. The number of hydrogen-bond donors (Lipinski definition) is 0. The molecule has 0 N–H and O–H groups in total. The molecule has 11 heavy (non-hydrogen) atoms. The summed E-state index contributed by atoms with van der Waals surface area (Å²) in [4.78, 5) is 13.0. The first-order valence-electron chi connectivity index (χ1n) is 4.16. The molecule has 2 nitrogen and oxygen atoms in total. The number of nitrogens with zero attached hydrogens (tertiary/aromatic N) is 1. The van der Waals surface area contributed by atoms with Gasteiger partial charge in [-0.3, -0.25) is 4.79 Å². The number of hydrogen-bond acceptors (Lipinski definition) is 1. The number of carbonyl (C=O) groups excluding carboxylic acids is 1. The summed E-state index contributed by atoms with van der Waals surface area (Å²) in [6.45, 7) is 6.64. The Kier molecular flexibility index (Phi) is 2.69. The van der Waals surface area contributed by atoms with Gasteiger partial charge in [0.05, 0.1) is 0 Å². The summed E-state index contributed by atoms with van der Waals surface area (Å²) >= 11 is 0. The Morgan fingerprint density at radius 2 is 2.45 bits per heavy atom. The summed E-state index contributed by atoms with van der Waals surface area (Å²) < 4.78 is 0. The lowest BCUT2D eigenvalue weighted by Crippen LogP contribution is -2.26. The van der Waals surface area contributed by atoms with E-state index >= 15 is 0 Å². The molecule has 2 heteroatoms. The zero-order valence-electron chi connectivity index (χ0n) is 7.05. The van der Waals surface area contributed by atoms with Gasteiger partial charge >= 0.3 is 0 Å². The van der Waals surface area contributed by atoms with E-state index in [4.69, 9.17) is 0 Å². The van der Waals surface area contributed by atoms with E-state index in [-0.39, 0.29) is 5.91 Å². The van der Waals surface area contributed by atoms with Crippen molar-refractivity contribution in [3.05, 3.63) is 12.8 Å². The maximum Gasteiger partial charge on any atom is 0.226 e. The van der Waals surface area contributed by atoms with E-state index in [0.29, 0.717) is 12.3 Å². The fraction of sp³-hybridized carbons (Fsp3) is 0.667. The summed E-state index contributed by atoms with van der Waals surface area (Å²) in [7, 11) is 0. The van der Waals surface area contributed by atoms with E-state index in [1.807, 2.05) is 0 Å². The number of carbonyl (C=O) groups is 1. The van der Waals surface area contributed by atoms with Gasteiger partial charge in [-0.1, -0.05) is 13.5 Å². The summed E-state index contributed by atoms with van der Waals surface area (Å²) in [5.74, 6) is 0.851. The molecule has 0 aromatic carbocycles. The zero-order chi connectivity index (χ0) is 8.27. The molecule has 0 spiro atoms. The lowest BCUT2D eigenvalue weighted by Gasteiger charge is -2.17. The minimum absolute atomic E-state index is 0.226. The molecule has 1 atom stereocenters. The van der Waals surface area contributed by atoms with Crippen LogP contribution in [-0.2, 0) is 4.79 Å². The number of amides is 1. The van der Waals surface area contributed by atoms with Crippen molar-refractivity contribution >= 4 is 5.91 Å². The number of likely N-dealkylation sites (tertiary alicyclic amines) is 1. The molecule has 0 saturated carbocycles. The van der Waals surface area contributed by atoms with Gasteiger partial charge in [-0.2, -0.15) is 0 Å². The SMILES string of the molecule is C=CN1CC(C)CCCC1=O. The third-order valence-electron chi connectivity index (χ3n) is 2.14. The van der Waals surface area contributed by atoms with Gasteiger partial charge in [-0.05, 0) is 25.0 Å².